The van der Waals surface area contributed by atoms with Gasteiger partial charge in [0.2, 0.25) is 35.4 Å². The van der Waals surface area contributed by atoms with E-state index in [1.807, 2.05) is 69.2 Å². The summed E-state index contributed by atoms with van der Waals surface area (Å²) in [5, 5.41) is 17.1. The Hall–Kier alpha value is -3.18. The van der Waals surface area contributed by atoms with Crippen LogP contribution < -0.4 is 31.9 Å². The van der Waals surface area contributed by atoms with Gasteiger partial charge >= 0.3 is 0 Å². The van der Waals surface area contributed by atoms with E-state index in [1.165, 1.54) is 0 Å². The van der Waals surface area contributed by atoms with Gasteiger partial charge in [-0.15, -0.1) is 0 Å². The molecule has 1 saturated heterocycles. The van der Waals surface area contributed by atoms with Crippen LogP contribution in [0.15, 0.2) is 0 Å². The Balaban J connectivity index is 3.80. The van der Waals surface area contributed by atoms with Crippen molar-refractivity contribution in [1.82, 2.24) is 31.9 Å². The molecular formula is C35H64N6O6. The molecule has 0 aromatic rings. The minimum absolute atomic E-state index is 0.0230. The van der Waals surface area contributed by atoms with Crippen LogP contribution in [0.25, 0.3) is 0 Å². The quantitative estimate of drug-likeness (QED) is 0.198. The summed E-state index contributed by atoms with van der Waals surface area (Å²) in [5.41, 5.74) is 0. The van der Waals surface area contributed by atoms with Crippen molar-refractivity contribution in [1.29, 1.82) is 0 Å². The molecule has 1 fully saturated rings. The predicted molar refractivity (Wildman–Crippen MR) is 184 cm³/mol. The highest BCUT2D eigenvalue weighted by atomic mass is 16.2. The third-order valence-electron chi connectivity index (χ3n) is 8.85. The maximum atomic E-state index is 13.8. The summed E-state index contributed by atoms with van der Waals surface area (Å²) in [4.78, 5) is 82.6. The molecule has 0 saturated carbocycles. The first-order valence-electron chi connectivity index (χ1n) is 17.6. The molecule has 0 spiro atoms. The van der Waals surface area contributed by atoms with Gasteiger partial charge in [0.1, 0.15) is 36.3 Å². The lowest BCUT2D eigenvalue weighted by molar-refractivity contribution is -0.138. The maximum Gasteiger partial charge on any atom is 0.243 e. The smallest absolute Gasteiger partial charge is 0.243 e. The summed E-state index contributed by atoms with van der Waals surface area (Å²) in [6.45, 7) is 22.6. The van der Waals surface area contributed by atoms with Crippen LogP contribution in [-0.4, -0.2) is 71.7 Å². The Kier molecular flexibility index (Phi) is 17.4. The fourth-order valence-electron chi connectivity index (χ4n) is 5.59. The second-order valence-corrected chi connectivity index (χ2v) is 15.0. The van der Waals surface area contributed by atoms with E-state index in [0.717, 1.165) is 0 Å². The van der Waals surface area contributed by atoms with Crippen molar-refractivity contribution in [2.45, 2.75) is 151 Å². The van der Waals surface area contributed by atoms with Crippen LogP contribution >= 0.6 is 0 Å². The van der Waals surface area contributed by atoms with E-state index in [2.05, 4.69) is 31.9 Å². The highest BCUT2D eigenvalue weighted by Gasteiger charge is 2.38. The lowest BCUT2D eigenvalue weighted by Crippen LogP contribution is -2.63. The first-order chi connectivity index (χ1) is 21.8. The largest absolute Gasteiger partial charge is 0.343 e. The molecule has 6 N–H and O–H groups in total. The van der Waals surface area contributed by atoms with Gasteiger partial charge in [0.15, 0.2) is 0 Å². The van der Waals surface area contributed by atoms with Crippen molar-refractivity contribution in [3.8, 4) is 0 Å². The summed E-state index contributed by atoms with van der Waals surface area (Å²) in [5.74, 6) is -3.98. The Morgan fingerprint density at radius 1 is 0.404 bits per heavy atom. The van der Waals surface area contributed by atoms with E-state index >= 15 is 0 Å². The average Bonchev–Trinajstić information content (AvgIpc) is 2.97. The summed E-state index contributed by atoms with van der Waals surface area (Å²) in [6.07, 6.45) is 2.03. The third-order valence-corrected chi connectivity index (χ3v) is 8.85. The average molecular weight is 665 g/mol. The lowest BCUT2D eigenvalue weighted by Gasteiger charge is -2.32. The predicted octanol–water partition coefficient (Wildman–Crippen LogP) is 2.80. The van der Waals surface area contributed by atoms with Gasteiger partial charge in [0.25, 0.3) is 0 Å². The second-order valence-electron chi connectivity index (χ2n) is 15.0. The van der Waals surface area contributed by atoms with Gasteiger partial charge in [-0.3, -0.25) is 28.8 Å². The standard InChI is InChI=1S/C35H64N6O6/c1-13-22(11)28-34(46)38-26(17-20(7)8)32(44)41-29(23(12)14-2)35(47)39-27(21(9)10)33(45)37-24(15-18(3)4)30(42)36-25(16-19(5)6)31(43)40-28/h18-29H,13-17H2,1-12H3,(H,36,42)(H,37,45)(H,38,46)(H,39,47)(H,40,43)(H,41,44)/t22-,23-,24-,25+,26-,27-,28-,29+/m0/s1. The summed E-state index contributed by atoms with van der Waals surface area (Å²) in [7, 11) is 0. The van der Waals surface area contributed by atoms with E-state index < -0.39 is 71.7 Å². The van der Waals surface area contributed by atoms with Crippen LogP contribution in [0.1, 0.15) is 115 Å². The van der Waals surface area contributed by atoms with Gasteiger partial charge in [0, 0.05) is 0 Å². The minimum Gasteiger partial charge on any atom is -0.343 e. The number of rotatable bonds is 11. The molecule has 0 unspecified atom stereocenters. The molecule has 1 heterocycles. The molecule has 270 valence electrons. The molecule has 0 bridgehead atoms. The van der Waals surface area contributed by atoms with Gasteiger partial charge < -0.3 is 31.9 Å². The molecule has 47 heavy (non-hydrogen) atoms. The van der Waals surface area contributed by atoms with Crippen LogP contribution in [0.2, 0.25) is 0 Å². The molecular weight excluding hydrogens is 600 g/mol. The molecule has 1 rings (SSSR count). The van der Waals surface area contributed by atoms with Gasteiger partial charge in [-0.2, -0.15) is 0 Å². The zero-order valence-electron chi connectivity index (χ0n) is 30.9. The molecule has 1 aliphatic rings. The lowest BCUT2D eigenvalue weighted by atomic mass is 9.94. The monoisotopic (exact) mass is 664 g/mol. The molecule has 0 radical (unpaired) electrons. The second kappa shape index (κ2) is 19.6. The number of hydrogen-bond acceptors (Lipinski definition) is 6. The first kappa shape index (κ1) is 41.8. The van der Waals surface area contributed by atoms with Crippen molar-refractivity contribution in [3.05, 3.63) is 0 Å². The fraction of sp³-hybridized carbons (Fsp3) is 0.829. The molecule has 1 aliphatic heterocycles. The number of hydrogen-bond donors (Lipinski definition) is 6. The highest BCUT2D eigenvalue weighted by molar-refractivity contribution is 5.98. The van der Waals surface area contributed by atoms with Crippen molar-refractivity contribution in [3.63, 3.8) is 0 Å². The maximum absolute atomic E-state index is 13.8. The Morgan fingerprint density at radius 3 is 0.957 bits per heavy atom. The van der Waals surface area contributed by atoms with E-state index in [1.54, 1.807) is 13.8 Å². The first-order valence-corrected chi connectivity index (χ1v) is 17.6. The normalized spacial score (nSPS) is 27.3. The van der Waals surface area contributed by atoms with Gasteiger partial charge in [-0.05, 0) is 54.8 Å². The van der Waals surface area contributed by atoms with Crippen LogP contribution in [0.5, 0.6) is 0 Å². The molecule has 12 nitrogen and oxygen atoms in total. The number of amides is 6. The van der Waals surface area contributed by atoms with Crippen molar-refractivity contribution in [2.75, 3.05) is 0 Å². The summed E-state index contributed by atoms with van der Waals surface area (Å²) < 4.78 is 0. The molecule has 12 heteroatoms. The molecule has 0 aromatic carbocycles. The zero-order valence-corrected chi connectivity index (χ0v) is 30.9. The summed E-state index contributed by atoms with van der Waals surface area (Å²) in [6, 6.07) is -5.88. The van der Waals surface area contributed by atoms with E-state index in [9.17, 15) is 28.8 Å². The van der Waals surface area contributed by atoms with Crippen LogP contribution in [0, 0.1) is 35.5 Å². The van der Waals surface area contributed by atoms with Crippen LogP contribution in [0.4, 0.5) is 0 Å². The molecule has 6 amide bonds. The fourth-order valence-corrected chi connectivity index (χ4v) is 5.59. The number of nitrogens with one attached hydrogen (secondary N) is 6. The Labute approximate surface area is 282 Å². The Morgan fingerprint density at radius 2 is 0.660 bits per heavy atom. The zero-order chi connectivity index (χ0) is 36.2. The molecule has 0 aromatic heterocycles. The van der Waals surface area contributed by atoms with Crippen LogP contribution in [0.3, 0.4) is 0 Å². The number of carbonyl (C=O) groups excluding carboxylic acids is 6. The molecule has 8 atom stereocenters. The summed E-state index contributed by atoms with van der Waals surface area (Å²) >= 11 is 0. The van der Waals surface area contributed by atoms with Crippen molar-refractivity contribution >= 4 is 35.4 Å². The van der Waals surface area contributed by atoms with Gasteiger partial charge in [-0.25, -0.2) is 0 Å². The van der Waals surface area contributed by atoms with Crippen LogP contribution in [-0.2, 0) is 28.8 Å². The molecule has 0 aliphatic carbocycles. The topological polar surface area (TPSA) is 175 Å². The third kappa shape index (κ3) is 13.5. The van der Waals surface area contributed by atoms with E-state index in [0.29, 0.717) is 32.1 Å². The minimum atomic E-state index is -0.996. The highest BCUT2D eigenvalue weighted by Crippen LogP contribution is 2.16. The van der Waals surface area contributed by atoms with Crippen molar-refractivity contribution < 1.29 is 28.8 Å². The SMILES string of the molecule is CC[C@H](C)[C@@H]1NC(=O)[C@@H](CC(C)C)NC(=O)[C@H](CC(C)C)NC(=O)[C@H](C(C)C)NC(=O)[C@@H]([C@@H](C)CC)NC(=O)[C@H](CC(C)C)NC1=O. The van der Waals surface area contributed by atoms with Gasteiger partial charge in [0.05, 0.1) is 0 Å². The van der Waals surface area contributed by atoms with Crippen molar-refractivity contribution in [2.24, 2.45) is 35.5 Å². The number of carbonyl (C=O) groups is 6. The van der Waals surface area contributed by atoms with E-state index in [-0.39, 0.29) is 35.5 Å². The van der Waals surface area contributed by atoms with E-state index in [4.69, 9.17) is 0 Å². The van der Waals surface area contributed by atoms with Gasteiger partial charge in [-0.1, -0.05) is 95.9 Å². The Bertz CT molecular complexity index is 1080.